The average Bonchev–Trinajstić information content (AvgIpc) is 2.35. The molecule has 0 amide bonds. The summed E-state index contributed by atoms with van der Waals surface area (Å²) in [4.78, 5) is 14.9. The first-order valence-corrected chi connectivity index (χ1v) is 9.27. The van der Waals surface area contributed by atoms with Gasteiger partial charge in [-0.25, -0.2) is 0 Å². The van der Waals surface area contributed by atoms with E-state index in [0.717, 1.165) is 0 Å². The number of halogens is 2. The predicted molar refractivity (Wildman–Crippen MR) is 55.8 cm³/mol. The maximum atomic E-state index is 4.88. The number of nitrogens with zero attached hydrogens (tertiary/aromatic N) is 4. The Bertz CT molecular complexity index is 213. The number of hydrogen-bond donors (Lipinski definition) is 0. The van der Waals surface area contributed by atoms with Crippen molar-refractivity contribution in [3.63, 3.8) is 0 Å². The van der Waals surface area contributed by atoms with E-state index in [1.807, 2.05) is 0 Å². The number of hydrogen-bond acceptors (Lipinski definition) is 4. The van der Waals surface area contributed by atoms with Crippen LogP contribution in [-0.4, -0.2) is 19.9 Å². The molecule has 0 unspecified atom stereocenters. The molecule has 0 radical (unpaired) electrons. The van der Waals surface area contributed by atoms with Gasteiger partial charge >= 0.3 is 35.3 Å². The van der Waals surface area contributed by atoms with E-state index >= 15 is 0 Å². The molecule has 4 nitrogen and oxygen atoms in total. The Balaban J connectivity index is 0.000000210. The third-order valence-electron chi connectivity index (χ3n) is 0.955. The van der Waals surface area contributed by atoms with Gasteiger partial charge in [0.1, 0.15) is 0 Å². The Labute approximate surface area is 105 Å². The van der Waals surface area contributed by atoms with Crippen LogP contribution < -0.4 is 0 Å². The molecule has 0 spiro atoms. The molecule has 7 heteroatoms. The fraction of sp³-hybridized carbons (Fsp3) is 0. The van der Waals surface area contributed by atoms with Crippen LogP contribution in [0.25, 0.3) is 0 Å². The van der Waals surface area contributed by atoms with Crippen molar-refractivity contribution in [1.29, 1.82) is 0 Å². The molecule has 0 saturated heterocycles. The van der Waals surface area contributed by atoms with Gasteiger partial charge in [-0.2, -0.15) is 0 Å². The summed E-state index contributed by atoms with van der Waals surface area (Å²) in [6.45, 7) is 0. The van der Waals surface area contributed by atoms with Crippen LogP contribution in [0.4, 0.5) is 0 Å². The van der Waals surface area contributed by atoms with Crippen LogP contribution in [0.2, 0.25) is 0 Å². The molecular weight excluding hydrogens is 418 g/mol. The Morgan fingerprint density at radius 2 is 0.667 bits per heavy atom. The van der Waals surface area contributed by atoms with Crippen LogP contribution in [0.5, 0.6) is 0 Å². The van der Waals surface area contributed by atoms with Crippen molar-refractivity contribution in [2.24, 2.45) is 0 Å². The number of aromatic nitrogens is 4. The van der Waals surface area contributed by atoms with Crippen molar-refractivity contribution in [2.75, 3.05) is 0 Å². The van der Waals surface area contributed by atoms with Gasteiger partial charge in [-0.15, -0.1) is 0 Å². The summed E-state index contributed by atoms with van der Waals surface area (Å²) in [5, 5.41) is 0. The van der Waals surface area contributed by atoms with E-state index in [0.29, 0.717) is 0 Å². The minimum atomic E-state index is -0.472. The maximum absolute atomic E-state index is 4.88. The van der Waals surface area contributed by atoms with E-state index < -0.39 is 16.5 Å². The molecule has 0 fully saturated rings. The molecule has 0 aliphatic heterocycles. The van der Waals surface area contributed by atoms with Gasteiger partial charge in [-0.3, -0.25) is 19.9 Å². The van der Waals surface area contributed by atoms with Crippen LogP contribution in [0.3, 0.4) is 0 Å². The molecule has 0 aliphatic carbocycles. The summed E-state index contributed by atoms with van der Waals surface area (Å²) in [5.41, 5.74) is 0. The predicted octanol–water partition coefficient (Wildman–Crippen LogP) is 2.33. The Kier molecular flexibility index (Phi) is 12.9. The first-order chi connectivity index (χ1) is 7.41. The minimum absolute atomic E-state index is 0.472. The normalized spacial score (nSPS) is 7.87. The second kappa shape index (κ2) is 13.4. The topological polar surface area (TPSA) is 51.6 Å². The van der Waals surface area contributed by atoms with Crippen LogP contribution >= 0.6 is 18.8 Å². The zero-order chi connectivity index (χ0) is 11.2. The summed E-state index contributed by atoms with van der Waals surface area (Å²) in [7, 11) is 9.75. The van der Waals surface area contributed by atoms with Gasteiger partial charge in [-0.1, -0.05) is 0 Å². The summed E-state index contributed by atoms with van der Waals surface area (Å²) < 4.78 is 0. The van der Waals surface area contributed by atoms with Gasteiger partial charge in [0.25, 0.3) is 0 Å². The smallest absolute Gasteiger partial charge is 0.0451 e. The van der Waals surface area contributed by atoms with Gasteiger partial charge in [0, 0.05) is 49.6 Å². The second-order valence-electron chi connectivity index (χ2n) is 1.83. The van der Waals surface area contributed by atoms with Crippen LogP contribution in [0.1, 0.15) is 0 Å². The SMILES string of the molecule is [Cl][Pt][Cl].c1cnccn1.c1cnccn1. The largest absolute Gasteiger partial charge is 0.262 e. The third-order valence-corrected chi connectivity index (χ3v) is 0.955. The Morgan fingerprint density at radius 1 is 0.533 bits per heavy atom. The van der Waals surface area contributed by atoms with E-state index in [9.17, 15) is 0 Å². The molecule has 0 aromatic carbocycles. The van der Waals surface area contributed by atoms with Crippen molar-refractivity contribution >= 4 is 18.8 Å². The summed E-state index contributed by atoms with van der Waals surface area (Å²) in [6, 6.07) is 0. The maximum Gasteiger partial charge on any atom is 0.0451 e. The van der Waals surface area contributed by atoms with Crippen molar-refractivity contribution in [2.45, 2.75) is 0 Å². The van der Waals surface area contributed by atoms with E-state index in [4.69, 9.17) is 18.8 Å². The van der Waals surface area contributed by atoms with E-state index in [2.05, 4.69) is 19.9 Å². The molecule has 2 rings (SSSR count). The fourth-order valence-corrected chi connectivity index (χ4v) is 0.507. The molecule has 84 valence electrons. The van der Waals surface area contributed by atoms with Crippen molar-refractivity contribution in [3.8, 4) is 0 Å². The molecule has 0 saturated carbocycles. The summed E-state index contributed by atoms with van der Waals surface area (Å²) in [5.74, 6) is 0. The van der Waals surface area contributed by atoms with Crippen molar-refractivity contribution in [3.05, 3.63) is 49.6 Å². The van der Waals surface area contributed by atoms with Gasteiger partial charge in [-0.05, 0) is 0 Å². The molecule has 0 aliphatic rings. The van der Waals surface area contributed by atoms with Crippen LogP contribution in [0.15, 0.2) is 49.6 Å². The zero-order valence-corrected chi connectivity index (χ0v) is 11.3. The average molecular weight is 426 g/mol. The quantitative estimate of drug-likeness (QED) is 0.649. The third kappa shape index (κ3) is 13.4. The van der Waals surface area contributed by atoms with Gasteiger partial charge < -0.3 is 0 Å². The van der Waals surface area contributed by atoms with Gasteiger partial charge in [0.05, 0.1) is 0 Å². The second-order valence-corrected chi connectivity index (χ2v) is 5.12. The zero-order valence-electron chi connectivity index (χ0n) is 7.48. The van der Waals surface area contributed by atoms with E-state index in [1.165, 1.54) is 0 Å². The van der Waals surface area contributed by atoms with Crippen LogP contribution in [-0.2, 0) is 16.5 Å². The fourth-order valence-electron chi connectivity index (χ4n) is 0.507. The van der Waals surface area contributed by atoms with Gasteiger partial charge in [0.2, 0.25) is 0 Å². The molecular formula is C8H8Cl2N4Pt. The van der Waals surface area contributed by atoms with Gasteiger partial charge in [0.15, 0.2) is 0 Å². The Morgan fingerprint density at radius 3 is 0.733 bits per heavy atom. The molecule has 2 aromatic rings. The van der Waals surface area contributed by atoms with Crippen molar-refractivity contribution in [1.82, 2.24) is 19.9 Å². The molecule has 0 atom stereocenters. The van der Waals surface area contributed by atoms with E-state index in [1.54, 1.807) is 49.6 Å². The van der Waals surface area contributed by atoms with Crippen molar-refractivity contribution < 1.29 is 16.5 Å². The first kappa shape index (κ1) is 14.4. The molecule has 2 heterocycles. The number of rotatable bonds is 0. The van der Waals surface area contributed by atoms with E-state index in [-0.39, 0.29) is 0 Å². The molecule has 0 N–H and O–H groups in total. The monoisotopic (exact) mass is 425 g/mol. The standard InChI is InChI=1S/2C4H4N2.2ClH.Pt/c2*1-2-6-4-3-5-1;;;/h2*1-4H;2*1H;/q;;;;+2/p-2. The minimum Gasteiger partial charge on any atom is -0.262 e. The summed E-state index contributed by atoms with van der Waals surface area (Å²) >= 11 is -0.472. The first-order valence-electron chi connectivity index (χ1n) is 3.64. The molecule has 0 bridgehead atoms. The summed E-state index contributed by atoms with van der Waals surface area (Å²) in [6.07, 6.45) is 13.1. The molecule has 15 heavy (non-hydrogen) atoms. The van der Waals surface area contributed by atoms with Crippen LogP contribution in [0, 0.1) is 0 Å². The molecule has 2 aromatic heterocycles. The Hall–Kier alpha value is -0.572.